The topological polar surface area (TPSA) is 112 Å². The number of phenols is 1. The van der Waals surface area contributed by atoms with Crippen LogP contribution in [0.15, 0.2) is 53.9 Å². The lowest BCUT2D eigenvalue weighted by Gasteiger charge is -2.03. The molecule has 1 heterocycles. The third-order valence-corrected chi connectivity index (χ3v) is 2.56. The SMILES string of the molecule is O=C(O)/C(=N/NC(=O)c1ccncc1)c1ccc(O)cc1. The number of hydrazone groups is 1. The van der Waals surface area contributed by atoms with Gasteiger partial charge >= 0.3 is 5.97 Å². The van der Waals surface area contributed by atoms with Crippen molar-refractivity contribution in [1.29, 1.82) is 0 Å². The van der Waals surface area contributed by atoms with Gasteiger partial charge < -0.3 is 10.2 Å². The minimum Gasteiger partial charge on any atom is -0.508 e. The van der Waals surface area contributed by atoms with E-state index < -0.39 is 11.9 Å². The zero-order valence-electron chi connectivity index (χ0n) is 10.7. The van der Waals surface area contributed by atoms with Crippen LogP contribution in [0.1, 0.15) is 15.9 Å². The second kappa shape index (κ2) is 6.29. The molecule has 7 nitrogen and oxygen atoms in total. The number of benzene rings is 1. The van der Waals surface area contributed by atoms with Crippen LogP contribution < -0.4 is 5.43 Å². The van der Waals surface area contributed by atoms with Gasteiger partial charge in [-0.15, -0.1) is 0 Å². The van der Waals surface area contributed by atoms with Crippen molar-refractivity contribution in [3.8, 4) is 5.75 Å². The van der Waals surface area contributed by atoms with Crippen molar-refractivity contribution >= 4 is 17.6 Å². The summed E-state index contributed by atoms with van der Waals surface area (Å²) in [6.07, 6.45) is 2.88. The Kier molecular flexibility index (Phi) is 4.25. The van der Waals surface area contributed by atoms with Crippen LogP contribution in [0.2, 0.25) is 0 Å². The second-order valence-electron chi connectivity index (χ2n) is 3.99. The number of aliphatic carboxylic acids is 1. The van der Waals surface area contributed by atoms with Crippen molar-refractivity contribution in [2.45, 2.75) is 0 Å². The van der Waals surface area contributed by atoms with E-state index in [2.05, 4.69) is 15.5 Å². The minimum atomic E-state index is -1.30. The first-order chi connectivity index (χ1) is 10.1. The monoisotopic (exact) mass is 285 g/mol. The number of aromatic hydroxyl groups is 1. The summed E-state index contributed by atoms with van der Waals surface area (Å²) in [6, 6.07) is 8.40. The van der Waals surface area contributed by atoms with Gasteiger partial charge in [-0.05, 0) is 36.4 Å². The van der Waals surface area contributed by atoms with Crippen molar-refractivity contribution in [2.75, 3.05) is 0 Å². The number of nitrogens with one attached hydrogen (secondary N) is 1. The molecule has 0 spiro atoms. The number of aromatic nitrogens is 1. The van der Waals surface area contributed by atoms with Gasteiger partial charge in [-0.25, -0.2) is 10.2 Å². The standard InChI is InChI=1S/C14H11N3O4/c18-11-3-1-9(2-4-11)12(14(20)21)16-17-13(19)10-5-7-15-8-6-10/h1-8,18H,(H,17,19)(H,20,21)/b16-12+. The molecule has 1 aromatic carbocycles. The van der Waals surface area contributed by atoms with Crippen molar-refractivity contribution < 1.29 is 19.8 Å². The molecule has 0 aliphatic rings. The predicted octanol–water partition coefficient (Wildman–Crippen LogP) is 1.01. The van der Waals surface area contributed by atoms with E-state index in [1.807, 2.05) is 0 Å². The van der Waals surface area contributed by atoms with Crippen LogP contribution in [-0.2, 0) is 4.79 Å². The summed E-state index contributed by atoms with van der Waals surface area (Å²) in [4.78, 5) is 26.7. The fraction of sp³-hybridized carbons (Fsp3) is 0. The molecule has 1 amide bonds. The molecule has 2 rings (SSSR count). The lowest BCUT2D eigenvalue weighted by Crippen LogP contribution is -2.24. The largest absolute Gasteiger partial charge is 0.508 e. The molecule has 106 valence electrons. The third kappa shape index (κ3) is 3.63. The van der Waals surface area contributed by atoms with Crippen LogP contribution in [0.5, 0.6) is 5.75 Å². The van der Waals surface area contributed by atoms with Crippen LogP contribution in [-0.4, -0.2) is 32.8 Å². The van der Waals surface area contributed by atoms with Crippen LogP contribution in [0.25, 0.3) is 0 Å². The maximum absolute atomic E-state index is 11.8. The Morgan fingerprint density at radius 3 is 2.19 bits per heavy atom. The smallest absolute Gasteiger partial charge is 0.356 e. The van der Waals surface area contributed by atoms with Crippen LogP contribution in [0.4, 0.5) is 0 Å². The highest BCUT2D eigenvalue weighted by Crippen LogP contribution is 2.10. The van der Waals surface area contributed by atoms with E-state index in [4.69, 9.17) is 5.11 Å². The number of hydrogen-bond donors (Lipinski definition) is 3. The molecule has 7 heteroatoms. The van der Waals surface area contributed by atoms with E-state index in [1.54, 1.807) is 0 Å². The highest BCUT2D eigenvalue weighted by atomic mass is 16.4. The molecule has 0 aliphatic carbocycles. The summed E-state index contributed by atoms with van der Waals surface area (Å²) in [5.41, 5.74) is 2.40. The van der Waals surface area contributed by atoms with Gasteiger partial charge in [-0.3, -0.25) is 9.78 Å². The number of nitrogens with zero attached hydrogens (tertiary/aromatic N) is 2. The molecule has 0 fully saturated rings. The lowest BCUT2D eigenvalue weighted by molar-refractivity contribution is -0.129. The first kappa shape index (κ1) is 14.2. The highest BCUT2D eigenvalue weighted by molar-refractivity contribution is 6.42. The van der Waals surface area contributed by atoms with Crippen LogP contribution >= 0.6 is 0 Å². The zero-order valence-corrected chi connectivity index (χ0v) is 10.7. The molecule has 0 unspecified atom stereocenters. The van der Waals surface area contributed by atoms with Crippen LogP contribution in [0.3, 0.4) is 0 Å². The van der Waals surface area contributed by atoms with Crippen molar-refractivity contribution in [3.63, 3.8) is 0 Å². The Labute approximate surface area is 119 Å². The summed E-state index contributed by atoms with van der Waals surface area (Å²) in [6.45, 7) is 0. The average Bonchev–Trinajstić information content (AvgIpc) is 2.49. The Morgan fingerprint density at radius 2 is 1.62 bits per heavy atom. The van der Waals surface area contributed by atoms with E-state index >= 15 is 0 Å². The van der Waals surface area contributed by atoms with Gasteiger partial charge in [-0.1, -0.05) is 0 Å². The molecular weight excluding hydrogens is 274 g/mol. The van der Waals surface area contributed by atoms with E-state index in [9.17, 15) is 14.7 Å². The quantitative estimate of drug-likeness (QED) is 0.573. The number of carboxylic acid groups (broad SMARTS) is 1. The molecule has 0 radical (unpaired) electrons. The predicted molar refractivity (Wildman–Crippen MR) is 74.0 cm³/mol. The molecular formula is C14H11N3O4. The average molecular weight is 285 g/mol. The maximum atomic E-state index is 11.8. The lowest BCUT2D eigenvalue weighted by atomic mass is 10.1. The normalized spacial score (nSPS) is 11.0. The summed E-state index contributed by atoms with van der Waals surface area (Å²) in [7, 11) is 0. The zero-order chi connectivity index (χ0) is 15.2. The molecule has 3 N–H and O–H groups in total. The number of carbonyl (C=O) groups is 2. The Bertz CT molecular complexity index is 681. The van der Waals surface area contributed by atoms with E-state index in [0.29, 0.717) is 5.56 Å². The van der Waals surface area contributed by atoms with Crippen molar-refractivity contribution in [1.82, 2.24) is 10.4 Å². The van der Waals surface area contributed by atoms with Gasteiger partial charge in [-0.2, -0.15) is 5.10 Å². The number of rotatable bonds is 4. The minimum absolute atomic E-state index is 0.00399. The summed E-state index contributed by atoms with van der Waals surface area (Å²) in [5.74, 6) is -1.84. The number of phenolic OH excluding ortho intramolecular Hbond substituents is 1. The van der Waals surface area contributed by atoms with E-state index in [0.717, 1.165) is 0 Å². The number of amides is 1. The summed E-state index contributed by atoms with van der Waals surface area (Å²) in [5, 5.41) is 21.9. The second-order valence-corrected chi connectivity index (χ2v) is 3.99. The maximum Gasteiger partial charge on any atom is 0.356 e. The number of carboxylic acids is 1. The highest BCUT2D eigenvalue weighted by Gasteiger charge is 2.14. The van der Waals surface area contributed by atoms with Crippen LogP contribution in [0, 0.1) is 0 Å². The molecule has 1 aromatic heterocycles. The van der Waals surface area contributed by atoms with Gasteiger partial charge in [0.2, 0.25) is 0 Å². The molecule has 2 aromatic rings. The molecule has 21 heavy (non-hydrogen) atoms. The van der Waals surface area contributed by atoms with E-state index in [-0.39, 0.29) is 17.0 Å². The molecule has 0 atom stereocenters. The van der Waals surface area contributed by atoms with Gasteiger partial charge in [0.1, 0.15) is 5.75 Å². The number of carbonyl (C=O) groups excluding carboxylic acids is 1. The van der Waals surface area contributed by atoms with Gasteiger partial charge in [0.15, 0.2) is 5.71 Å². The molecule has 0 aliphatic heterocycles. The number of hydrogen-bond acceptors (Lipinski definition) is 5. The van der Waals surface area contributed by atoms with Crippen molar-refractivity contribution in [2.24, 2.45) is 5.10 Å². The Hall–Kier alpha value is -3.22. The first-order valence-electron chi connectivity index (χ1n) is 5.88. The summed E-state index contributed by atoms with van der Waals surface area (Å²) >= 11 is 0. The van der Waals surface area contributed by atoms with Gasteiger partial charge in [0.05, 0.1) is 0 Å². The fourth-order valence-electron chi connectivity index (χ4n) is 1.53. The van der Waals surface area contributed by atoms with E-state index in [1.165, 1.54) is 48.8 Å². The number of pyridine rings is 1. The van der Waals surface area contributed by atoms with Gasteiger partial charge in [0, 0.05) is 23.5 Å². The summed E-state index contributed by atoms with van der Waals surface area (Å²) < 4.78 is 0. The Balaban J connectivity index is 2.21. The third-order valence-electron chi connectivity index (χ3n) is 2.56. The molecule has 0 saturated carbocycles. The molecule has 0 bridgehead atoms. The van der Waals surface area contributed by atoms with Gasteiger partial charge in [0.25, 0.3) is 5.91 Å². The first-order valence-corrected chi connectivity index (χ1v) is 5.88. The van der Waals surface area contributed by atoms with Crippen molar-refractivity contribution in [3.05, 3.63) is 59.9 Å². The fourth-order valence-corrected chi connectivity index (χ4v) is 1.53. The Morgan fingerprint density at radius 1 is 1.00 bits per heavy atom. The molecule has 0 saturated heterocycles.